The van der Waals surface area contributed by atoms with Gasteiger partial charge in [-0.1, -0.05) is 43.1 Å². The van der Waals surface area contributed by atoms with Crippen LogP contribution in [0.1, 0.15) is 32.3 Å². The lowest BCUT2D eigenvalue weighted by molar-refractivity contribution is -0.141. The third-order valence-corrected chi connectivity index (χ3v) is 3.88. The first-order chi connectivity index (χ1) is 9.94. The Balaban J connectivity index is 3.08. The van der Waals surface area contributed by atoms with Gasteiger partial charge in [-0.3, -0.25) is 9.59 Å². The molecule has 4 nitrogen and oxygen atoms in total. The first kappa shape index (κ1) is 17.8. The van der Waals surface area contributed by atoms with Crippen LogP contribution in [0.15, 0.2) is 18.2 Å². The Hall–Kier alpha value is -1.26. The van der Waals surface area contributed by atoms with Gasteiger partial charge in [-0.2, -0.15) is 0 Å². The minimum Gasteiger partial charge on any atom is -0.357 e. The molecule has 2 amide bonds. The molecule has 1 rings (SSSR count). The lowest BCUT2D eigenvalue weighted by atomic mass is 10.1. The lowest BCUT2D eigenvalue weighted by Gasteiger charge is -2.30. The molecular formula is C15H20Cl2N2O2. The van der Waals surface area contributed by atoms with Crippen molar-refractivity contribution < 1.29 is 9.59 Å². The van der Waals surface area contributed by atoms with E-state index in [1.807, 2.05) is 6.92 Å². The van der Waals surface area contributed by atoms with E-state index in [1.54, 1.807) is 37.1 Å². The minimum absolute atomic E-state index is 0.0866. The van der Waals surface area contributed by atoms with Gasteiger partial charge in [0.2, 0.25) is 11.8 Å². The maximum Gasteiger partial charge on any atom is 0.242 e. The second-order valence-corrected chi connectivity index (χ2v) is 5.49. The summed E-state index contributed by atoms with van der Waals surface area (Å²) in [6.45, 7) is 3.93. The van der Waals surface area contributed by atoms with Crippen molar-refractivity contribution in [2.45, 2.75) is 39.3 Å². The number of amides is 2. The highest BCUT2D eigenvalue weighted by atomic mass is 35.5. The van der Waals surface area contributed by atoms with Gasteiger partial charge in [0.1, 0.15) is 6.04 Å². The monoisotopic (exact) mass is 330 g/mol. The molecule has 0 aliphatic heterocycles. The van der Waals surface area contributed by atoms with Crippen LogP contribution in [-0.2, 0) is 16.1 Å². The van der Waals surface area contributed by atoms with Crippen molar-refractivity contribution in [3.63, 3.8) is 0 Å². The average molecular weight is 331 g/mol. The Bertz CT molecular complexity index is 520. The van der Waals surface area contributed by atoms with E-state index in [9.17, 15) is 9.59 Å². The molecule has 0 saturated heterocycles. The molecule has 116 valence electrons. The predicted octanol–water partition coefficient (Wildman–Crippen LogP) is 3.26. The summed E-state index contributed by atoms with van der Waals surface area (Å²) in [5, 5.41) is 3.62. The summed E-state index contributed by atoms with van der Waals surface area (Å²) in [5.41, 5.74) is 0.769. The second kappa shape index (κ2) is 8.25. The van der Waals surface area contributed by atoms with Crippen LogP contribution < -0.4 is 5.32 Å². The number of nitrogens with one attached hydrogen (secondary N) is 1. The highest BCUT2D eigenvalue weighted by molar-refractivity contribution is 6.35. The number of hydrogen-bond donors (Lipinski definition) is 1. The van der Waals surface area contributed by atoms with Crippen molar-refractivity contribution in [2.24, 2.45) is 0 Å². The average Bonchev–Trinajstić information content (AvgIpc) is 2.47. The molecule has 0 radical (unpaired) electrons. The Morgan fingerprint density at radius 1 is 1.29 bits per heavy atom. The van der Waals surface area contributed by atoms with Crippen molar-refractivity contribution in [2.75, 3.05) is 7.05 Å². The molecular weight excluding hydrogens is 311 g/mol. The van der Waals surface area contributed by atoms with Crippen LogP contribution in [-0.4, -0.2) is 29.8 Å². The Morgan fingerprint density at radius 3 is 2.43 bits per heavy atom. The zero-order chi connectivity index (χ0) is 16.0. The fourth-order valence-corrected chi connectivity index (χ4v) is 2.59. The molecule has 0 spiro atoms. The molecule has 0 aromatic heterocycles. The molecule has 0 aliphatic carbocycles. The van der Waals surface area contributed by atoms with Crippen LogP contribution in [0.4, 0.5) is 0 Å². The van der Waals surface area contributed by atoms with Crippen molar-refractivity contribution in [1.29, 1.82) is 0 Å². The van der Waals surface area contributed by atoms with E-state index in [0.29, 0.717) is 22.9 Å². The molecule has 21 heavy (non-hydrogen) atoms. The molecule has 0 fully saturated rings. The summed E-state index contributed by atoms with van der Waals surface area (Å²) in [7, 11) is 1.56. The van der Waals surface area contributed by atoms with E-state index >= 15 is 0 Å². The Morgan fingerprint density at radius 2 is 1.95 bits per heavy atom. The Kier molecular flexibility index (Phi) is 6.99. The summed E-state index contributed by atoms with van der Waals surface area (Å²) < 4.78 is 0. The van der Waals surface area contributed by atoms with Crippen molar-refractivity contribution >= 4 is 35.0 Å². The van der Waals surface area contributed by atoms with Crippen LogP contribution in [0.5, 0.6) is 0 Å². The molecule has 0 bridgehead atoms. The largest absolute Gasteiger partial charge is 0.357 e. The molecule has 0 aliphatic rings. The van der Waals surface area contributed by atoms with Gasteiger partial charge in [0.15, 0.2) is 0 Å². The summed E-state index contributed by atoms with van der Waals surface area (Å²) >= 11 is 12.0. The van der Waals surface area contributed by atoms with Crippen LogP contribution in [0.2, 0.25) is 10.0 Å². The first-order valence-electron chi connectivity index (χ1n) is 6.89. The summed E-state index contributed by atoms with van der Waals surface area (Å²) in [4.78, 5) is 25.7. The third-order valence-electron chi connectivity index (χ3n) is 3.29. The minimum atomic E-state index is -0.505. The van der Waals surface area contributed by atoms with E-state index in [0.717, 1.165) is 5.56 Å². The molecule has 0 heterocycles. The van der Waals surface area contributed by atoms with Crippen LogP contribution in [0.3, 0.4) is 0 Å². The summed E-state index contributed by atoms with van der Waals surface area (Å²) in [6, 6.07) is 4.62. The molecule has 1 N–H and O–H groups in total. The normalized spacial score (nSPS) is 11.9. The van der Waals surface area contributed by atoms with Crippen molar-refractivity contribution in [1.82, 2.24) is 10.2 Å². The zero-order valence-corrected chi connectivity index (χ0v) is 14.0. The number of benzene rings is 1. The van der Waals surface area contributed by atoms with Gasteiger partial charge in [-0.15, -0.1) is 0 Å². The maximum absolute atomic E-state index is 12.2. The van der Waals surface area contributed by atoms with E-state index in [-0.39, 0.29) is 18.4 Å². The van der Waals surface area contributed by atoms with Gasteiger partial charge in [-0.25, -0.2) is 0 Å². The van der Waals surface area contributed by atoms with Gasteiger partial charge < -0.3 is 10.2 Å². The number of carbonyl (C=O) groups is 2. The number of likely N-dealkylation sites (N-methyl/N-ethyl adjacent to an activating group) is 1. The van der Waals surface area contributed by atoms with Crippen molar-refractivity contribution in [3.05, 3.63) is 33.8 Å². The highest BCUT2D eigenvalue weighted by Crippen LogP contribution is 2.23. The molecule has 0 unspecified atom stereocenters. The second-order valence-electron chi connectivity index (χ2n) is 4.65. The van der Waals surface area contributed by atoms with E-state index in [4.69, 9.17) is 23.2 Å². The number of hydrogen-bond acceptors (Lipinski definition) is 2. The molecule has 1 aromatic rings. The van der Waals surface area contributed by atoms with Crippen LogP contribution in [0, 0.1) is 0 Å². The van der Waals surface area contributed by atoms with E-state index < -0.39 is 6.04 Å². The van der Waals surface area contributed by atoms with E-state index in [2.05, 4.69) is 5.32 Å². The standard InChI is InChI=1S/C15H20Cl2N2O2/c1-4-13(15(21)18-3)19(14(20)5-2)9-10-6-7-11(16)8-12(10)17/h6-8,13H,4-5,9H2,1-3H3,(H,18,21)/t13-/m0/s1. The third kappa shape index (κ3) is 4.61. The van der Waals surface area contributed by atoms with Gasteiger partial charge >= 0.3 is 0 Å². The molecule has 1 atom stereocenters. The van der Waals surface area contributed by atoms with Gasteiger partial charge in [0, 0.05) is 30.1 Å². The Labute approximate surface area is 135 Å². The molecule has 6 heteroatoms. The number of carbonyl (C=O) groups excluding carboxylic acids is 2. The van der Waals surface area contributed by atoms with Gasteiger partial charge in [-0.05, 0) is 24.1 Å². The highest BCUT2D eigenvalue weighted by Gasteiger charge is 2.27. The van der Waals surface area contributed by atoms with Gasteiger partial charge in [0.05, 0.1) is 0 Å². The first-order valence-corrected chi connectivity index (χ1v) is 7.65. The zero-order valence-electron chi connectivity index (χ0n) is 12.5. The fourth-order valence-electron chi connectivity index (χ4n) is 2.12. The van der Waals surface area contributed by atoms with Crippen LogP contribution in [0.25, 0.3) is 0 Å². The number of nitrogens with zero attached hydrogens (tertiary/aromatic N) is 1. The SMILES string of the molecule is CCC(=O)N(Cc1ccc(Cl)cc1Cl)[C@@H](CC)C(=O)NC. The lowest BCUT2D eigenvalue weighted by Crippen LogP contribution is -2.48. The topological polar surface area (TPSA) is 49.4 Å². The number of rotatable bonds is 6. The molecule has 1 aromatic carbocycles. The summed E-state index contributed by atoms with van der Waals surface area (Å²) in [6.07, 6.45) is 0.870. The number of halogens is 2. The maximum atomic E-state index is 12.2. The van der Waals surface area contributed by atoms with E-state index in [1.165, 1.54) is 0 Å². The van der Waals surface area contributed by atoms with Crippen molar-refractivity contribution in [3.8, 4) is 0 Å². The summed E-state index contributed by atoms with van der Waals surface area (Å²) in [5.74, 6) is -0.263. The quantitative estimate of drug-likeness (QED) is 0.870. The smallest absolute Gasteiger partial charge is 0.242 e. The van der Waals surface area contributed by atoms with Gasteiger partial charge in [0.25, 0.3) is 0 Å². The molecule has 0 saturated carbocycles. The predicted molar refractivity (Wildman–Crippen MR) is 85.4 cm³/mol. The van der Waals surface area contributed by atoms with Crippen LogP contribution >= 0.6 is 23.2 Å². The fraction of sp³-hybridized carbons (Fsp3) is 0.467.